The molecular formula is C32H25BrN2O4. The van der Waals surface area contributed by atoms with E-state index in [-0.39, 0.29) is 5.91 Å². The van der Waals surface area contributed by atoms with Gasteiger partial charge in [-0.2, -0.15) is 5.10 Å². The van der Waals surface area contributed by atoms with Crippen molar-refractivity contribution in [2.75, 3.05) is 0 Å². The molecule has 0 aromatic heterocycles. The van der Waals surface area contributed by atoms with Gasteiger partial charge in [-0.15, -0.1) is 0 Å². The van der Waals surface area contributed by atoms with Crippen molar-refractivity contribution in [3.05, 3.63) is 119 Å². The number of nitrogens with one attached hydrogen (secondary N) is 1. The quantitative estimate of drug-likeness (QED) is 0.0905. The number of halogens is 1. The summed E-state index contributed by atoms with van der Waals surface area (Å²) in [5.41, 5.74) is 3.78. The number of carbonyl (C=O) groups excluding carboxylic acids is 2. The number of esters is 1. The average Bonchev–Trinajstić information content (AvgIpc) is 2.97. The van der Waals surface area contributed by atoms with Gasteiger partial charge in [0, 0.05) is 0 Å². The summed E-state index contributed by atoms with van der Waals surface area (Å²) >= 11 is 3.60. The third kappa shape index (κ3) is 5.99. The number of hydrogen-bond donors (Lipinski definition) is 1. The molecule has 0 aliphatic rings. The predicted molar refractivity (Wildman–Crippen MR) is 157 cm³/mol. The summed E-state index contributed by atoms with van der Waals surface area (Å²) in [5.74, 6) is 0.224. The summed E-state index contributed by atoms with van der Waals surface area (Å²) in [7, 11) is 0. The van der Waals surface area contributed by atoms with Crippen molar-refractivity contribution in [2.45, 2.75) is 19.4 Å². The molecule has 7 heteroatoms. The Morgan fingerprint density at radius 3 is 2.26 bits per heavy atom. The van der Waals surface area contributed by atoms with Crippen molar-refractivity contribution in [1.29, 1.82) is 0 Å². The summed E-state index contributed by atoms with van der Waals surface area (Å²) < 4.78 is 12.4. The molecule has 1 amide bonds. The lowest BCUT2D eigenvalue weighted by Gasteiger charge is -2.17. The third-order valence-corrected chi connectivity index (χ3v) is 7.07. The summed E-state index contributed by atoms with van der Waals surface area (Å²) in [4.78, 5) is 25.5. The second-order valence-electron chi connectivity index (χ2n) is 8.83. The van der Waals surface area contributed by atoms with Gasteiger partial charge in [-0.1, -0.05) is 73.7 Å². The topological polar surface area (TPSA) is 77.0 Å². The zero-order valence-electron chi connectivity index (χ0n) is 21.1. The number of rotatable bonds is 8. The molecule has 0 aliphatic heterocycles. The van der Waals surface area contributed by atoms with Gasteiger partial charge in [0.1, 0.15) is 11.5 Å². The lowest BCUT2D eigenvalue weighted by atomic mass is 10.0. The van der Waals surface area contributed by atoms with Gasteiger partial charge < -0.3 is 9.47 Å². The number of ether oxygens (including phenoxy) is 2. The monoisotopic (exact) mass is 580 g/mol. The molecule has 0 saturated heterocycles. The summed E-state index contributed by atoms with van der Waals surface area (Å²) in [6.07, 6.45) is 1.28. The van der Waals surface area contributed by atoms with Crippen LogP contribution in [-0.2, 0) is 4.79 Å². The van der Waals surface area contributed by atoms with Gasteiger partial charge >= 0.3 is 5.97 Å². The first-order valence-electron chi connectivity index (χ1n) is 12.5. The number of hydrazone groups is 1. The number of amides is 1. The molecule has 1 atom stereocenters. The van der Waals surface area contributed by atoms with E-state index in [0.717, 1.165) is 31.6 Å². The standard InChI is InChI=1S/C32H25BrN2O4/c1-2-28(39-29-19-16-23-9-4-6-12-26(23)30(29)33)31(36)35-34-20-21-14-17-24(18-15-21)38-32(37)27-13-7-10-22-8-3-5-11-25(22)27/h3-20,28H,2H2,1H3,(H,35,36)/b34-20-/t28-/m1/s1. The number of fused-ring (bicyclic) bond motifs is 2. The van der Waals surface area contributed by atoms with Gasteiger partial charge in [-0.25, -0.2) is 10.2 Å². The number of benzene rings is 5. The Balaban J connectivity index is 1.19. The van der Waals surface area contributed by atoms with Crippen LogP contribution in [0.15, 0.2) is 113 Å². The van der Waals surface area contributed by atoms with Gasteiger partial charge in [-0.3, -0.25) is 4.79 Å². The van der Waals surface area contributed by atoms with Crippen molar-refractivity contribution in [1.82, 2.24) is 5.43 Å². The highest BCUT2D eigenvalue weighted by Crippen LogP contribution is 2.34. The Morgan fingerprint density at radius 2 is 1.51 bits per heavy atom. The lowest BCUT2D eigenvalue weighted by molar-refractivity contribution is -0.128. The van der Waals surface area contributed by atoms with Crippen LogP contribution in [0.5, 0.6) is 11.5 Å². The Hall–Kier alpha value is -4.49. The minimum Gasteiger partial charge on any atom is -0.479 e. The van der Waals surface area contributed by atoms with Crippen molar-refractivity contribution in [3.8, 4) is 11.5 Å². The van der Waals surface area contributed by atoms with Crippen molar-refractivity contribution in [3.63, 3.8) is 0 Å². The van der Waals surface area contributed by atoms with Crippen LogP contribution < -0.4 is 14.9 Å². The van der Waals surface area contributed by atoms with E-state index in [4.69, 9.17) is 9.47 Å². The van der Waals surface area contributed by atoms with E-state index in [1.807, 2.05) is 79.7 Å². The van der Waals surface area contributed by atoms with Crippen LogP contribution in [0.25, 0.3) is 21.5 Å². The maximum Gasteiger partial charge on any atom is 0.344 e. The molecule has 0 aliphatic carbocycles. The van der Waals surface area contributed by atoms with Crippen LogP contribution in [0.2, 0.25) is 0 Å². The molecule has 0 spiro atoms. The van der Waals surface area contributed by atoms with Crippen LogP contribution in [0.3, 0.4) is 0 Å². The molecule has 0 saturated carbocycles. The van der Waals surface area contributed by atoms with Gasteiger partial charge in [0.25, 0.3) is 5.91 Å². The SMILES string of the molecule is CC[C@@H](Oc1ccc2ccccc2c1Br)C(=O)N/N=C\c1ccc(OC(=O)c2cccc3ccccc23)cc1. The Labute approximate surface area is 234 Å². The van der Waals surface area contributed by atoms with E-state index in [9.17, 15) is 9.59 Å². The van der Waals surface area contributed by atoms with Crippen LogP contribution >= 0.6 is 15.9 Å². The van der Waals surface area contributed by atoms with E-state index in [2.05, 4.69) is 26.5 Å². The van der Waals surface area contributed by atoms with Crippen LogP contribution in [-0.4, -0.2) is 24.2 Å². The molecule has 39 heavy (non-hydrogen) atoms. The van der Waals surface area contributed by atoms with E-state index < -0.39 is 12.1 Å². The van der Waals surface area contributed by atoms with E-state index >= 15 is 0 Å². The molecule has 0 radical (unpaired) electrons. The molecule has 5 aromatic carbocycles. The van der Waals surface area contributed by atoms with Crippen molar-refractivity contribution in [2.24, 2.45) is 5.10 Å². The summed E-state index contributed by atoms with van der Waals surface area (Å²) in [5, 5.41) is 7.97. The smallest absolute Gasteiger partial charge is 0.344 e. The number of carbonyl (C=O) groups is 2. The molecule has 0 bridgehead atoms. The molecular weight excluding hydrogens is 556 g/mol. The minimum atomic E-state index is -0.713. The summed E-state index contributed by atoms with van der Waals surface area (Å²) in [6.45, 7) is 1.88. The molecule has 194 valence electrons. The molecule has 0 unspecified atom stereocenters. The highest BCUT2D eigenvalue weighted by molar-refractivity contribution is 9.10. The van der Waals surface area contributed by atoms with E-state index in [0.29, 0.717) is 23.5 Å². The fourth-order valence-corrected chi connectivity index (χ4v) is 4.80. The fraction of sp³-hybridized carbons (Fsp3) is 0.0938. The molecule has 5 aromatic rings. The van der Waals surface area contributed by atoms with Crippen LogP contribution in [0.4, 0.5) is 0 Å². The molecule has 1 N–H and O–H groups in total. The van der Waals surface area contributed by atoms with Gasteiger partial charge in [0.2, 0.25) is 0 Å². The zero-order chi connectivity index (χ0) is 27.2. The largest absolute Gasteiger partial charge is 0.479 e. The molecule has 5 rings (SSSR count). The third-order valence-electron chi connectivity index (χ3n) is 6.25. The number of nitrogens with zero attached hydrogens (tertiary/aromatic N) is 1. The Kier molecular flexibility index (Phi) is 7.99. The summed E-state index contributed by atoms with van der Waals surface area (Å²) in [6, 6.07) is 31.8. The first-order valence-corrected chi connectivity index (χ1v) is 13.3. The highest BCUT2D eigenvalue weighted by Gasteiger charge is 2.20. The van der Waals surface area contributed by atoms with Crippen molar-refractivity contribution >= 4 is 55.6 Å². The fourth-order valence-electron chi connectivity index (χ4n) is 4.21. The van der Waals surface area contributed by atoms with Gasteiger partial charge in [-0.05, 0) is 85.9 Å². The van der Waals surface area contributed by atoms with Crippen LogP contribution in [0, 0.1) is 0 Å². The van der Waals surface area contributed by atoms with Gasteiger partial charge in [0.15, 0.2) is 6.10 Å². The maximum absolute atomic E-state index is 12.8. The lowest BCUT2D eigenvalue weighted by Crippen LogP contribution is -2.35. The molecule has 0 heterocycles. The molecule has 6 nitrogen and oxygen atoms in total. The predicted octanol–water partition coefficient (Wildman–Crippen LogP) is 7.28. The first kappa shape index (κ1) is 26.1. The highest BCUT2D eigenvalue weighted by atomic mass is 79.9. The average molecular weight is 581 g/mol. The zero-order valence-corrected chi connectivity index (χ0v) is 22.7. The Morgan fingerprint density at radius 1 is 0.846 bits per heavy atom. The number of hydrogen-bond acceptors (Lipinski definition) is 5. The molecule has 0 fully saturated rings. The second kappa shape index (κ2) is 11.9. The second-order valence-corrected chi connectivity index (χ2v) is 9.63. The normalized spacial score (nSPS) is 11.9. The van der Waals surface area contributed by atoms with E-state index in [1.165, 1.54) is 6.21 Å². The van der Waals surface area contributed by atoms with Crippen molar-refractivity contribution < 1.29 is 19.1 Å². The van der Waals surface area contributed by atoms with Gasteiger partial charge in [0.05, 0.1) is 16.3 Å². The van der Waals surface area contributed by atoms with Crippen LogP contribution in [0.1, 0.15) is 29.3 Å². The first-order chi connectivity index (χ1) is 19.0. The Bertz CT molecular complexity index is 1680. The maximum atomic E-state index is 12.8. The minimum absolute atomic E-state index is 0.352. The van der Waals surface area contributed by atoms with E-state index in [1.54, 1.807) is 30.3 Å².